The Morgan fingerprint density at radius 1 is 0.889 bits per heavy atom. The van der Waals surface area contributed by atoms with Crippen LogP contribution in [0, 0.1) is 5.92 Å². The molecule has 3 aromatic carbocycles. The van der Waals surface area contributed by atoms with Crippen LogP contribution in [0.15, 0.2) is 72.8 Å². The summed E-state index contributed by atoms with van der Waals surface area (Å²) in [6.07, 6.45) is 7.83. The van der Waals surface area contributed by atoms with Gasteiger partial charge in [0.2, 0.25) is 12.7 Å². The zero-order valence-electron chi connectivity index (χ0n) is 20.1. The predicted molar refractivity (Wildman–Crippen MR) is 139 cm³/mol. The number of carboxylic acid groups (broad SMARTS) is 1. The van der Waals surface area contributed by atoms with Crippen LogP contribution in [-0.2, 0) is 16.1 Å². The van der Waals surface area contributed by atoms with Crippen molar-refractivity contribution in [2.75, 3.05) is 11.7 Å². The van der Waals surface area contributed by atoms with Gasteiger partial charge in [-0.25, -0.2) is 4.79 Å². The van der Waals surface area contributed by atoms with Crippen molar-refractivity contribution in [1.82, 2.24) is 0 Å². The van der Waals surface area contributed by atoms with Gasteiger partial charge < -0.3 is 19.5 Å². The number of carbonyl (C=O) groups excluding carboxylic acids is 1. The van der Waals surface area contributed by atoms with Crippen LogP contribution >= 0.6 is 0 Å². The molecule has 1 heterocycles. The minimum Gasteiger partial charge on any atom is -0.478 e. The summed E-state index contributed by atoms with van der Waals surface area (Å²) >= 11 is 0. The van der Waals surface area contributed by atoms with Crippen molar-refractivity contribution in [3.63, 3.8) is 0 Å². The van der Waals surface area contributed by atoms with Gasteiger partial charge in [-0.3, -0.25) is 4.79 Å². The Morgan fingerprint density at radius 2 is 1.64 bits per heavy atom. The van der Waals surface area contributed by atoms with Crippen LogP contribution in [0.3, 0.4) is 0 Å². The van der Waals surface area contributed by atoms with Crippen LogP contribution in [0.25, 0.3) is 17.2 Å². The number of hydrogen-bond donors (Lipinski definition) is 1. The quantitative estimate of drug-likeness (QED) is 0.400. The number of carboxylic acids is 1. The lowest BCUT2D eigenvalue weighted by Crippen LogP contribution is -2.36. The molecule has 1 fully saturated rings. The van der Waals surface area contributed by atoms with Crippen molar-refractivity contribution in [2.24, 2.45) is 5.92 Å². The monoisotopic (exact) mass is 483 g/mol. The fraction of sp³-hybridized carbons (Fsp3) is 0.267. The number of ether oxygens (including phenoxy) is 2. The molecule has 0 unspecified atom stereocenters. The minimum absolute atomic E-state index is 0.0184. The van der Waals surface area contributed by atoms with Gasteiger partial charge in [0.05, 0.1) is 6.54 Å². The number of fused-ring (bicyclic) bond motifs is 1. The fourth-order valence-corrected chi connectivity index (χ4v) is 4.89. The molecule has 0 radical (unpaired) electrons. The topological polar surface area (TPSA) is 76.1 Å². The standard InChI is InChI=1S/C30H29NO5/c32-29(33)16-11-21-5-4-8-26(17-21)31(30(34)24-6-2-1-3-7-24)19-22-9-12-23(13-10-22)25-14-15-27-28(18-25)36-20-35-27/h4-5,8-18,24H,1-3,6-7,19-20H2,(H,32,33)/b16-11+. The van der Waals surface area contributed by atoms with Crippen LogP contribution < -0.4 is 14.4 Å². The minimum atomic E-state index is -1.00. The molecule has 1 amide bonds. The van der Waals surface area contributed by atoms with E-state index in [0.717, 1.165) is 71.2 Å². The Bertz CT molecular complexity index is 1270. The molecule has 5 rings (SSSR count). The lowest BCUT2D eigenvalue weighted by Gasteiger charge is -2.30. The highest BCUT2D eigenvalue weighted by atomic mass is 16.7. The molecule has 1 N–H and O–H groups in total. The van der Waals surface area contributed by atoms with E-state index in [1.54, 1.807) is 6.08 Å². The molecular formula is C30H29NO5. The third-order valence-corrected chi connectivity index (χ3v) is 6.82. The second-order valence-electron chi connectivity index (χ2n) is 9.29. The number of nitrogens with zero attached hydrogens (tertiary/aromatic N) is 1. The number of anilines is 1. The summed E-state index contributed by atoms with van der Waals surface area (Å²) in [5.74, 6) is 0.655. The van der Waals surface area contributed by atoms with Gasteiger partial charge in [0.1, 0.15) is 0 Å². The Morgan fingerprint density at radius 3 is 2.42 bits per heavy atom. The zero-order valence-corrected chi connectivity index (χ0v) is 20.1. The van der Waals surface area contributed by atoms with Crippen molar-refractivity contribution in [2.45, 2.75) is 38.6 Å². The maximum atomic E-state index is 13.7. The van der Waals surface area contributed by atoms with Crippen LogP contribution in [-0.4, -0.2) is 23.8 Å². The molecule has 1 aliphatic carbocycles. The van der Waals surface area contributed by atoms with Gasteiger partial charge in [-0.05, 0) is 65.4 Å². The summed E-state index contributed by atoms with van der Waals surface area (Å²) in [6, 6.07) is 21.6. The molecule has 0 spiro atoms. The van der Waals surface area contributed by atoms with E-state index in [2.05, 4.69) is 24.3 Å². The normalized spacial score (nSPS) is 15.2. The highest BCUT2D eigenvalue weighted by Crippen LogP contribution is 2.36. The molecule has 6 heteroatoms. The van der Waals surface area contributed by atoms with E-state index in [9.17, 15) is 9.59 Å². The summed E-state index contributed by atoms with van der Waals surface area (Å²) in [5.41, 5.74) is 4.64. The summed E-state index contributed by atoms with van der Waals surface area (Å²) in [6.45, 7) is 0.693. The molecule has 36 heavy (non-hydrogen) atoms. The Hall–Kier alpha value is -4.06. The Labute approximate surface area is 210 Å². The summed E-state index contributed by atoms with van der Waals surface area (Å²) in [4.78, 5) is 26.5. The average Bonchev–Trinajstić information content (AvgIpc) is 3.39. The van der Waals surface area contributed by atoms with Crippen molar-refractivity contribution in [1.29, 1.82) is 0 Å². The number of amides is 1. The van der Waals surface area contributed by atoms with Gasteiger partial charge in [0.25, 0.3) is 0 Å². The zero-order chi connectivity index (χ0) is 24.9. The molecule has 6 nitrogen and oxygen atoms in total. The van der Waals surface area contributed by atoms with Crippen LogP contribution in [0.1, 0.15) is 43.2 Å². The first-order chi connectivity index (χ1) is 17.6. The third-order valence-electron chi connectivity index (χ3n) is 6.82. The first-order valence-corrected chi connectivity index (χ1v) is 12.4. The van der Waals surface area contributed by atoms with E-state index in [0.29, 0.717) is 6.54 Å². The average molecular weight is 484 g/mol. The highest BCUT2D eigenvalue weighted by Gasteiger charge is 2.27. The van der Waals surface area contributed by atoms with Crippen LogP contribution in [0.4, 0.5) is 5.69 Å². The Kier molecular flexibility index (Phi) is 7.03. The molecular weight excluding hydrogens is 454 g/mol. The van der Waals surface area contributed by atoms with E-state index >= 15 is 0 Å². The highest BCUT2D eigenvalue weighted by molar-refractivity contribution is 5.95. The van der Waals surface area contributed by atoms with Gasteiger partial charge in [0, 0.05) is 17.7 Å². The van der Waals surface area contributed by atoms with Crippen molar-refractivity contribution >= 4 is 23.6 Å². The lowest BCUT2D eigenvalue weighted by molar-refractivity contribution is -0.131. The van der Waals surface area contributed by atoms with E-state index in [1.807, 2.05) is 47.4 Å². The number of hydrogen-bond acceptors (Lipinski definition) is 4. The second-order valence-corrected chi connectivity index (χ2v) is 9.29. The maximum absolute atomic E-state index is 13.7. The van der Waals surface area contributed by atoms with E-state index < -0.39 is 5.97 Å². The fourth-order valence-electron chi connectivity index (χ4n) is 4.89. The van der Waals surface area contributed by atoms with Crippen molar-refractivity contribution < 1.29 is 24.2 Å². The molecule has 0 bridgehead atoms. The van der Waals surface area contributed by atoms with Gasteiger partial charge in [-0.1, -0.05) is 61.7 Å². The molecule has 3 aromatic rings. The van der Waals surface area contributed by atoms with Gasteiger partial charge in [0.15, 0.2) is 11.5 Å². The molecule has 0 atom stereocenters. The number of rotatable bonds is 7. The van der Waals surface area contributed by atoms with Gasteiger partial charge >= 0.3 is 5.97 Å². The van der Waals surface area contributed by atoms with Crippen LogP contribution in [0.2, 0.25) is 0 Å². The second kappa shape index (κ2) is 10.7. The molecule has 1 saturated carbocycles. The van der Waals surface area contributed by atoms with Crippen LogP contribution in [0.5, 0.6) is 11.5 Å². The molecule has 2 aliphatic rings. The summed E-state index contributed by atoms with van der Waals surface area (Å²) in [7, 11) is 0. The van der Waals surface area contributed by atoms with Gasteiger partial charge in [-0.15, -0.1) is 0 Å². The molecule has 1 aliphatic heterocycles. The molecule has 184 valence electrons. The summed E-state index contributed by atoms with van der Waals surface area (Å²) in [5, 5.41) is 8.99. The van der Waals surface area contributed by atoms with Crippen molar-refractivity contribution in [3.05, 3.63) is 83.9 Å². The lowest BCUT2D eigenvalue weighted by atomic mass is 9.88. The van der Waals surface area contributed by atoms with E-state index in [-0.39, 0.29) is 18.6 Å². The SMILES string of the molecule is O=C(O)/C=C/c1cccc(N(Cc2ccc(-c3ccc4c(c3)OCO4)cc2)C(=O)C2CCCCC2)c1. The van der Waals surface area contributed by atoms with Crippen molar-refractivity contribution in [3.8, 4) is 22.6 Å². The molecule has 0 aromatic heterocycles. The first kappa shape index (κ1) is 23.7. The molecule has 0 saturated heterocycles. The smallest absolute Gasteiger partial charge is 0.328 e. The van der Waals surface area contributed by atoms with Gasteiger partial charge in [-0.2, -0.15) is 0 Å². The van der Waals surface area contributed by atoms with E-state index in [1.165, 1.54) is 6.42 Å². The Balaban J connectivity index is 1.40. The first-order valence-electron chi connectivity index (χ1n) is 12.4. The number of aliphatic carboxylic acids is 1. The number of carbonyl (C=O) groups is 2. The maximum Gasteiger partial charge on any atom is 0.328 e. The third kappa shape index (κ3) is 5.43. The largest absolute Gasteiger partial charge is 0.478 e. The summed E-state index contributed by atoms with van der Waals surface area (Å²) < 4.78 is 10.9. The van der Waals surface area contributed by atoms with E-state index in [4.69, 9.17) is 14.6 Å². The number of benzene rings is 3. The predicted octanol–water partition coefficient (Wildman–Crippen LogP) is 6.29.